The standard InChI is InChI=1S/C25H32N2O9/c1-2-11-35-25(32)27-18-15-20(33-13-6-8-21(29)30)19(28)14-16(18)23(31)26-10-5-7-17(26)24(27)36-22-9-3-4-12-34-22/h2,14-15,17,22,24,28H,1,3-13H2,(H,29,30)/t17-,22?,24?/m0/s1. The molecule has 2 fully saturated rings. The van der Waals surface area contributed by atoms with Gasteiger partial charge >= 0.3 is 12.1 Å². The second-order valence-electron chi connectivity index (χ2n) is 8.95. The number of carbonyl (C=O) groups is 3. The minimum absolute atomic E-state index is 0.0168. The van der Waals surface area contributed by atoms with Gasteiger partial charge in [0.05, 0.1) is 23.9 Å². The van der Waals surface area contributed by atoms with Crippen LogP contribution in [0.4, 0.5) is 10.5 Å². The van der Waals surface area contributed by atoms with Crippen LogP contribution < -0.4 is 9.64 Å². The number of carboxylic acids is 1. The molecule has 2 saturated heterocycles. The van der Waals surface area contributed by atoms with Gasteiger partial charge in [-0.05, 0) is 44.6 Å². The number of ether oxygens (including phenoxy) is 4. The third-order valence-electron chi connectivity index (χ3n) is 6.45. The summed E-state index contributed by atoms with van der Waals surface area (Å²) in [6.45, 7) is 4.60. The number of anilines is 1. The molecule has 2 N–H and O–H groups in total. The van der Waals surface area contributed by atoms with E-state index in [2.05, 4.69) is 6.58 Å². The third kappa shape index (κ3) is 5.57. The number of phenolic OH excluding ortho intramolecular Hbond substituents is 1. The molecule has 2 unspecified atom stereocenters. The fourth-order valence-corrected chi connectivity index (χ4v) is 4.78. The molecule has 0 aliphatic carbocycles. The minimum Gasteiger partial charge on any atom is -0.504 e. The number of fused-ring (bicyclic) bond motifs is 2. The summed E-state index contributed by atoms with van der Waals surface area (Å²) >= 11 is 0. The van der Waals surface area contributed by atoms with E-state index < -0.39 is 30.6 Å². The molecule has 0 aromatic heterocycles. The first kappa shape index (κ1) is 25.8. The normalized spacial score (nSPS) is 23.4. The van der Waals surface area contributed by atoms with Crippen molar-refractivity contribution in [3.8, 4) is 11.5 Å². The average molecular weight is 505 g/mol. The molecule has 36 heavy (non-hydrogen) atoms. The molecule has 196 valence electrons. The molecule has 3 aliphatic rings. The van der Waals surface area contributed by atoms with Crippen molar-refractivity contribution in [2.24, 2.45) is 0 Å². The molecule has 3 atom stereocenters. The third-order valence-corrected chi connectivity index (χ3v) is 6.45. The van der Waals surface area contributed by atoms with Crippen LogP contribution in [0.5, 0.6) is 11.5 Å². The zero-order valence-corrected chi connectivity index (χ0v) is 20.1. The van der Waals surface area contributed by atoms with Gasteiger partial charge in [0.15, 0.2) is 24.0 Å². The highest BCUT2D eigenvalue weighted by Crippen LogP contribution is 2.42. The lowest BCUT2D eigenvalue weighted by atomic mass is 10.1. The van der Waals surface area contributed by atoms with Gasteiger partial charge in [-0.1, -0.05) is 12.7 Å². The van der Waals surface area contributed by atoms with E-state index in [-0.39, 0.29) is 54.7 Å². The van der Waals surface area contributed by atoms with Crippen LogP contribution in [-0.2, 0) is 19.0 Å². The van der Waals surface area contributed by atoms with Crippen molar-refractivity contribution in [2.45, 2.75) is 63.5 Å². The Balaban J connectivity index is 1.74. The minimum atomic E-state index is -0.961. The molecule has 0 spiro atoms. The molecule has 3 aliphatic heterocycles. The molecule has 11 heteroatoms. The number of aromatic hydroxyl groups is 1. The van der Waals surface area contributed by atoms with Gasteiger partial charge in [-0.2, -0.15) is 0 Å². The Morgan fingerprint density at radius 3 is 2.78 bits per heavy atom. The maximum Gasteiger partial charge on any atom is 0.416 e. The monoisotopic (exact) mass is 504 g/mol. The van der Waals surface area contributed by atoms with Crippen molar-refractivity contribution in [2.75, 3.05) is 31.3 Å². The number of hydrogen-bond acceptors (Lipinski definition) is 8. The number of carbonyl (C=O) groups excluding carboxylic acids is 2. The van der Waals surface area contributed by atoms with Gasteiger partial charge < -0.3 is 34.1 Å². The highest BCUT2D eigenvalue weighted by molar-refractivity contribution is 6.06. The summed E-state index contributed by atoms with van der Waals surface area (Å²) in [5.41, 5.74) is 0.291. The summed E-state index contributed by atoms with van der Waals surface area (Å²) < 4.78 is 23.2. The molecular weight excluding hydrogens is 472 g/mol. The maximum atomic E-state index is 13.6. The number of aliphatic carboxylic acids is 1. The van der Waals surface area contributed by atoms with Gasteiger partial charge in [-0.25, -0.2) is 9.69 Å². The quantitative estimate of drug-likeness (QED) is 0.384. The van der Waals surface area contributed by atoms with Crippen LogP contribution in [0.25, 0.3) is 0 Å². The first-order chi connectivity index (χ1) is 17.4. The SMILES string of the molecule is C=CCOC(=O)N1c2cc(OCCCC(=O)O)c(O)cc2C(=O)N2CCC[C@H]2C1OC1CCCCO1. The predicted molar refractivity (Wildman–Crippen MR) is 127 cm³/mol. The zero-order valence-electron chi connectivity index (χ0n) is 20.1. The molecule has 11 nitrogen and oxygen atoms in total. The Morgan fingerprint density at radius 2 is 2.06 bits per heavy atom. The maximum absolute atomic E-state index is 13.6. The highest BCUT2D eigenvalue weighted by atomic mass is 16.7. The van der Waals surface area contributed by atoms with Crippen LogP contribution in [0.2, 0.25) is 0 Å². The van der Waals surface area contributed by atoms with Crippen molar-refractivity contribution in [3.63, 3.8) is 0 Å². The van der Waals surface area contributed by atoms with Gasteiger partial charge in [-0.15, -0.1) is 0 Å². The number of phenols is 1. The van der Waals surface area contributed by atoms with E-state index in [4.69, 9.17) is 24.1 Å². The van der Waals surface area contributed by atoms with Crippen molar-refractivity contribution in [1.29, 1.82) is 0 Å². The number of rotatable bonds is 9. The topological polar surface area (TPSA) is 135 Å². The summed E-state index contributed by atoms with van der Waals surface area (Å²) in [5, 5.41) is 19.5. The Bertz CT molecular complexity index is 992. The number of benzene rings is 1. The zero-order chi connectivity index (χ0) is 25.7. The van der Waals surface area contributed by atoms with Crippen LogP contribution in [0, 0.1) is 0 Å². The average Bonchev–Trinajstić information content (AvgIpc) is 3.33. The van der Waals surface area contributed by atoms with E-state index in [1.54, 1.807) is 4.90 Å². The summed E-state index contributed by atoms with van der Waals surface area (Å²) in [6, 6.07) is 2.24. The van der Waals surface area contributed by atoms with Gasteiger partial charge in [0, 0.05) is 25.6 Å². The van der Waals surface area contributed by atoms with Crippen molar-refractivity contribution in [1.82, 2.24) is 4.90 Å². The second kappa shape index (κ2) is 11.6. The first-order valence-corrected chi connectivity index (χ1v) is 12.3. The molecule has 0 bridgehead atoms. The molecule has 2 amide bonds. The smallest absolute Gasteiger partial charge is 0.416 e. The van der Waals surface area contributed by atoms with E-state index in [9.17, 15) is 19.5 Å². The summed E-state index contributed by atoms with van der Waals surface area (Å²) in [7, 11) is 0. The van der Waals surface area contributed by atoms with Crippen molar-refractivity contribution >= 4 is 23.7 Å². The number of carboxylic acid groups (broad SMARTS) is 1. The van der Waals surface area contributed by atoms with E-state index >= 15 is 0 Å². The Morgan fingerprint density at radius 1 is 1.22 bits per heavy atom. The number of amides is 2. The van der Waals surface area contributed by atoms with Crippen LogP contribution >= 0.6 is 0 Å². The molecular formula is C25H32N2O9. The van der Waals surface area contributed by atoms with E-state index in [0.29, 0.717) is 26.0 Å². The van der Waals surface area contributed by atoms with Gasteiger partial charge in [-0.3, -0.25) is 9.59 Å². The number of hydrogen-bond donors (Lipinski definition) is 2. The second-order valence-corrected chi connectivity index (χ2v) is 8.95. The van der Waals surface area contributed by atoms with Gasteiger partial charge in [0.25, 0.3) is 5.91 Å². The van der Waals surface area contributed by atoms with Crippen LogP contribution in [0.15, 0.2) is 24.8 Å². The molecule has 1 aromatic rings. The largest absolute Gasteiger partial charge is 0.504 e. The van der Waals surface area contributed by atoms with E-state index in [1.165, 1.54) is 23.1 Å². The fraction of sp³-hybridized carbons (Fsp3) is 0.560. The van der Waals surface area contributed by atoms with Gasteiger partial charge in [0.1, 0.15) is 6.61 Å². The lowest BCUT2D eigenvalue weighted by Crippen LogP contribution is -2.54. The van der Waals surface area contributed by atoms with Crippen molar-refractivity contribution < 1.29 is 43.5 Å². The predicted octanol–water partition coefficient (Wildman–Crippen LogP) is 3.25. The molecule has 0 radical (unpaired) electrons. The van der Waals surface area contributed by atoms with Crippen molar-refractivity contribution in [3.05, 3.63) is 30.4 Å². The van der Waals surface area contributed by atoms with Crippen LogP contribution in [0.3, 0.4) is 0 Å². The first-order valence-electron chi connectivity index (χ1n) is 12.3. The Hall–Kier alpha value is -3.31. The van der Waals surface area contributed by atoms with E-state index in [1.807, 2.05) is 0 Å². The highest BCUT2D eigenvalue weighted by Gasteiger charge is 2.47. The van der Waals surface area contributed by atoms with Gasteiger partial charge in [0.2, 0.25) is 0 Å². The fourth-order valence-electron chi connectivity index (χ4n) is 4.78. The summed E-state index contributed by atoms with van der Waals surface area (Å²) in [6.07, 6.45) is 3.26. The van der Waals surface area contributed by atoms with Crippen LogP contribution in [-0.4, -0.2) is 78.0 Å². The molecule has 3 heterocycles. The molecule has 0 saturated carbocycles. The lowest BCUT2D eigenvalue weighted by molar-refractivity contribution is -0.195. The summed E-state index contributed by atoms with van der Waals surface area (Å²) in [4.78, 5) is 40.7. The number of nitrogens with zero attached hydrogens (tertiary/aromatic N) is 2. The van der Waals surface area contributed by atoms with Crippen LogP contribution in [0.1, 0.15) is 55.3 Å². The molecule has 4 rings (SSSR count). The Kier molecular flexibility index (Phi) is 8.32. The Labute approximate surface area is 209 Å². The summed E-state index contributed by atoms with van der Waals surface area (Å²) in [5.74, 6) is -1.57. The van der Waals surface area contributed by atoms with E-state index in [0.717, 1.165) is 19.3 Å². The lowest BCUT2D eigenvalue weighted by Gasteiger charge is -2.38. The molecule has 1 aromatic carbocycles.